The normalized spacial score (nSPS) is 11.0. The standard InChI is InChI=1S/C15H14N2O/c1-9-14(11-6-4-3-5-7-11)12(16)8-13-15(9)17-10(2)18-13/h3-8H,16H2,1-2H3. The Hall–Kier alpha value is -2.29. The molecule has 2 N–H and O–H groups in total. The molecule has 0 radical (unpaired) electrons. The number of fused-ring (bicyclic) bond motifs is 1. The Balaban J connectivity index is 2.36. The first-order valence-electron chi connectivity index (χ1n) is 5.88. The zero-order valence-electron chi connectivity index (χ0n) is 10.4. The quantitative estimate of drug-likeness (QED) is 0.658. The van der Waals surface area contributed by atoms with Crippen LogP contribution in [-0.2, 0) is 0 Å². The van der Waals surface area contributed by atoms with Crippen molar-refractivity contribution in [2.45, 2.75) is 13.8 Å². The molecule has 0 unspecified atom stereocenters. The van der Waals surface area contributed by atoms with Gasteiger partial charge in [-0.05, 0) is 18.1 Å². The van der Waals surface area contributed by atoms with Crippen molar-refractivity contribution in [2.24, 2.45) is 0 Å². The summed E-state index contributed by atoms with van der Waals surface area (Å²) in [5.74, 6) is 0.665. The first-order chi connectivity index (χ1) is 8.66. The summed E-state index contributed by atoms with van der Waals surface area (Å²) in [4.78, 5) is 4.42. The summed E-state index contributed by atoms with van der Waals surface area (Å²) in [5.41, 5.74) is 11.7. The molecule has 3 nitrogen and oxygen atoms in total. The Labute approximate surface area is 105 Å². The molecule has 90 valence electrons. The third-order valence-electron chi connectivity index (χ3n) is 3.13. The number of anilines is 1. The summed E-state index contributed by atoms with van der Waals surface area (Å²) >= 11 is 0. The maximum Gasteiger partial charge on any atom is 0.192 e. The van der Waals surface area contributed by atoms with E-state index in [1.165, 1.54) is 0 Å². The molecule has 2 aromatic carbocycles. The average Bonchev–Trinajstić information content (AvgIpc) is 2.71. The van der Waals surface area contributed by atoms with E-state index in [2.05, 4.69) is 17.1 Å². The van der Waals surface area contributed by atoms with Crippen LogP contribution >= 0.6 is 0 Å². The van der Waals surface area contributed by atoms with E-state index in [1.807, 2.05) is 38.1 Å². The Kier molecular flexibility index (Phi) is 2.33. The fourth-order valence-electron chi connectivity index (χ4n) is 2.35. The Bertz CT molecular complexity index is 714. The van der Waals surface area contributed by atoms with Crippen molar-refractivity contribution in [2.75, 3.05) is 5.73 Å². The predicted molar refractivity (Wildman–Crippen MR) is 73.3 cm³/mol. The van der Waals surface area contributed by atoms with E-state index in [0.29, 0.717) is 5.89 Å². The van der Waals surface area contributed by atoms with Gasteiger partial charge in [-0.15, -0.1) is 0 Å². The molecular formula is C15H14N2O. The van der Waals surface area contributed by atoms with Crippen molar-refractivity contribution in [1.29, 1.82) is 0 Å². The predicted octanol–water partition coefficient (Wildman–Crippen LogP) is 3.69. The second-order valence-corrected chi connectivity index (χ2v) is 4.41. The number of hydrogen-bond donors (Lipinski definition) is 1. The molecule has 0 spiro atoms. The van der Waals surface area contributed by atoms with E-state index in [0.717, 1.165) is 33.5 Å². The van der Waals surface area contributed by atoms with Gasteiger partial charge in [0, 0.05) is 24.2 Å². The van der Waals surface area contributed by atoms with Crippen LogP contribution < -0.4 is 5.73 Å². The highest BCUT2D eigenvalue weighted by atomic mass is 16.3. The van der Waals surface area contributed by atoms with Gasteiger partial charge in [-0.3, -0.25) is 0 Å². The molecule has 0 aliphatic carbocycles. The van der Waals surface area contributed by atoms with Crippen LogP contribution in [0.4, 0.5) is 5.69 Å². The average molecular weight is 238 g/mol. The molecular weight excluding hydrogens is 224 g/mol. The second-order valence-electron chi connectivity index (χ2n) is 4.41. The van der Waals surface area contributed by atoms with E-state index >= 15 is 0 Å². The Morgan fingerprint density at radius 2 is 1.83 bits per heavy atom. The van der Waals surface area contributed by atoms with E-state index < -0.39 is 0 Å². The summed E-state index contributed by atoms with van der Waals surface area (Å²) in [7, 11) is 0. The van der Waals surface area contributed by atoms with Gasteiger partial charge < -0.3 is 10.2 Å². The summed E-state index contributed by atoms with van der Waals surface area (Å²) in [5, 5.41) is 0. The lowest BCUT2D eigenvalue weighted by Crippen LogP contribution is -1.94. The number of aryl methyl sites for hydroxylation is 2. The van der Waals surface area contributed by atoms with E-state index in [4.69, 9.17) is 10.2 Å². The molecule has 1 aromatic heterocycles. The van der Waals surface area contributed by atoms with Gasteiger partial charge in [0.25, 0.3) is 0 Å². The molecule has 0 fully saturated rings. The Morgan fingerprint density at radius 3 is 2.56 bits per heavy atom. The molecule has 3 heteroatoms. The van der Waals surface area contributed by atoms with Gasteiger partial charge in [-0.25, -0.2) is 4.98 Å². The number of oxazole rings is 1. The molecule has 0 saturated heterocycles. The molecule has 0 saturated carbocycles. The molecule has 18 heavy (non-hydrogen) atoms. The number of nitrogens with zero attached hydrogens (tertiary/aromatic N) is 1. The lowest BCUT2D eigenvalue weighted by atomic mass is 9.98. The summed E-state index contributed by atoms with van der Waals surface area (Å²) in [6.45, 7) is 3.88. The van der Waals surface area contributed by atoms with Crippen LogP contribution in [0, 0.1) is 13.8 Å². The maximum atomic E-state index is 6.14. The third-order valence-corrected chi connectivity index (χ3v) is 3.13. The first kappa shape index (κ1) is 10.8. The zero-order chi connectivity index (χ0) is 12.7. The van der Waals surface area contributed by atoms with Gasteiger partial charge in [0.05, 0.1) is 0 Å². The van der Waals surface area contributed by atoms with E-state index in [9.17, 15) is 0 Å². The molecule has 0 aliphatic heterocycles. The Morgan fingerprint density at radius 1 is 1.11 bits per heavy atom. The molecule has 3 aromatic rings. The first-order valence-corrected chi connectivity index (χ1v) is 5.88. The van der Waals surface area contributed by atoms with E-state index in [-0.39, 0.29) is 0 Å². The minimum Gasteiger partial charge on any atom is -0.441 e. The van der Waals surface area contributed by atoms with Crippen molar-refractivity contribution < 1.29 is 4.42 Å². The second kappa shape index (κ2) is 3.88. The third kappa shape index (κ3) is 1.56. The van der Waals surface area contributed by atoms with Crippen molar-refractivity contribution in [1.82, 2.24) is 4.98 Å². The van der Waals surface area contributed by atoms with Crippen LogP contribution in [0.25, 0.3) is 22.2 Å². The highest BCUT2D eigenvalue weighted by Crippen LogP contribution is 2.34. The largest absolute Gasteiger partial charge is 0.441 e. The van der Waals surface area contributed by atoms with Gasteiger partial charge in [0.1, 0.15) is 5.52 Å². The number of aromatic nitrogens is 1. The van der Waals surface area contributed by atoms with Gasteiger partial charge in [0.15, 0.2) is 11.5 Å². The number of rotatable bonds is 1. The highest BCUT2D eigenvalue weighted by molar-refractivity contribution is 5.92. The van der Waals surface area contributed by atoms with Crippen molar-refractivity contribution in [3.05, 3.63) is 47.9 Å². The number of nitrogens with two attached hydrogens (primary N) is 1. The summed E-state index contributed by atoms with van der Waals surface area (Å²) in [6, 6.07) is 12.0. The van der Waals surface area contributed by atoms with Crippen LogP contribution in [0.5, 0.6) is 0 Å². The molecule has 1 heterocycles. The topological polar surface area (TPSA) is 52.0 Å². The summed E-state index contributed by atoms with van der Waals surface area (Å²) < 4.78 is 5.53. The van der Waals surface area contributed by atoms with Crippen LogP contribution in [0.1, 0.15) is 11.5 Å². The van der Waals surface area contributed by atoms with Crippen LogP contribution in [-0.4, -0.2) is 4.98 Å². The summed E-state index contributed by atoms with van der Waals surface area (Å²) in [6.07, 6.45) is 0. The van der Waals surface area contributed by atoms with Crippen molar-refractivity contribution >= 4 is 16.8 Å². The number of benzene rings is 2. The minimum absolute atomic E-state index is 0.665. The lowest BCUT2D eigenvalue weighted by Gasteiger charge is -2.09. The van der Waals surface area contributed by atoms with Crippen LogP contribution in [0.3, 0.4) is 0 Å². The van der Waals surface area contributed by atoms with Gasteiger partial charge >= 0.3 is 0 Å². The van der Waals surface area contributed by atoms with Crippen LogP contribution in [0.15, 0.2) is 40.8 Å². The van der Waals surface area contributed by atoms with Crippen molar-refractivity contribution in [3.8, 4) is 11.1 Å². The van der Waals surface area contributed by atoms with Gasteiger partial charge in [0.2, 0.25) is 0 Å². The maximum absolute atomic E-state index is 6.14. The van der Waals surface area contributed by atoms with Crippen molar-refractivity contribution in [3.63, 3.8) is 0 Å². The molecule has 0 aliphatic rings. The van der Waals surface area contributed by atoms with Crippen LogP contribution in [0.2, 0.25) is 0 Å². The zero-order valence-corrected chi connectivity index (χ0v) is 10.4. The molecule has 0 bridgehead atoms. The monoisotopic (exact) mass is 238 g/mol. The van der Waals surface area contributed by atoms with Gasteiger partial charge in [-0.1, -0.05) is 30.3 Å². The van der Waals surface area contributed by atoms with Gasteiger partial charge in [-0.2, -0.15) is 0 Å². The fraction of sp³-hybridized carbons (Fsp3) is 0.133. The lowest BCUT2D eigenvalue weighted by molar-refractivity contribution is 0.561. The van der Waals surface area contributed by atoms with E-state index in [1.54, 1.807) is 0 Å². The number of nitrogen functional groups attached to an aromatic ring is 1. The number of hydrogen-bond acceptors (Lipinski definition) is 3. The highest BCUT2D eigenvalue weighted by Gasteiger charge is 2.14. The smallest absolute Gasteiger partial charge is 0.192 e. The fourth-order valence-corrected chi connectivity index (χ4v) is 2.35. The SMILES string of the molecule is Cc1nc2c(C)c(-c3ccccc3)c(N)cc2o1. The molecule has 0 atom stereocenters. The molecule has 0 amide bonds. The minimum atomic E-state index is 0.665. The molecule has 3 rings (SSSR count).